The van der Waals surface area contributed by atoms with Crippen molar-refractivity contribution in [2.24, 2.45) is 0 Å². The van der Waals surface area contributed by atoms with Crippen LogP contribution in [0.2, 0.25) is 5.02 Å². The predicted octanol–water partition coefficient (Wildman–Crippen LogP) is 7.07. The summed E-state index contributed by atoms with van der Waals surface area (Å²) in [5.74, 6) is -2.01. The summed E-state index contributed by atoms with van der Waals surface area (Å²) in [5.41, 5.74) is -2.80. The molecule has 3 aromatic rings. The van der Waals surface area contributed by atoms with Crippen LogP contribution in [-0.2, 0) is 12.4 Å². The number of aryl methyl sites for hydroxylation is 1. The maximum absolute atomic E-state index is 13.6. The summed E-state index contributed by atoms with van der Waals surface area (Å²) in [6.45, 7) is 2.12. The van der Waals surface area contributed by atoms with Gasteiger partial charge >= 0.3 is 12.4 Å². The molecule has 250 valence electrons. The van der Waals surface area contributed by atoms with Gasteiger partial charge in [0.1, 0.15) is 30.3 Å². The van der Waals surface area contributed by atoms with Crippen LogP contribution >= 0.6 is 11.6 Å². The Morgan fingerprint density at radius 3 is 1.65 bits per heavy atom. The molecule has 3 rings (SSSR count). The van der Waals surface area contributed by atoms with E-state index >= 15 is 0 Å². The van der Waals surface area contributed by atoms with Gasteiger partial charge in [0.25, 0.3) is 11.8 Å². The minimum absolute atomic E-state index is 0.0321. The summed E-state index contributed by atoms with van der Waals surface area (Å²) in [5, 5.41) is 4.28. The molecule has 0 saturated heterocycles. The average Bonchev–Trinajstić information content (AvgIpc) is 2.93. The van der Waals surface area contributed by atoms with Gasteiger partial charge in [0.2, 0.25) is 0 Å². The van der Waals surface area contributed by atoms with Crippen molar-refractivity contribution in [3.05, 3.63) is 81.4 Å². The van der Waals surface area contributed by atoms with E-state index in [0.29, 0.717) is 19.2 Å². The normalized spacial score (nSPS) is 12.0. The Morgan fingerprint density at radius 2 is 1.17 bits per heavy atom. The lowest BCUT2D eigenvalue weighted by molar-refractivity contribution is -0.138. The van der Waals surface area contributed by atoms with Gasteiger partial charge in [-0.1, -0.05) is 17.7 Å². The highest BCUT2D eigenvalue weighted by molar-refractivity contribution is 6.31. The number of anilines is 2. The molecule has 0 unspecified atom stereocenters. The van der Waals surface area contributed by atoms with Gasteiger partial charge in [-0.05, 0) is 83.1 Å². The molecule has 0 spiro atoms. The molecule has 3 aromatic carbocycles. The van der Waals surface area contributed by atoms with Crippen LogP contribution in [-0.4, -0.2) is 76.1 Å². The number of rotatable bonds is 12. The Bertz CT molecular complexity index is 1530. The van der Waals surface area contributed by atoms with Crippen molar-refractivity contribution in [1.29, 1.82) is 0 Å². The van der Waals surface area contributed by atoms with Crippen LogP contribution in [0.15, 0.2) is 48.5 Å². The Morgan fingerprint density at radius 1 is 0.717 bits per heavy atom. The van der Waals surface area contributed by atoms with Crippen LogP contribution < -0.4 is 20.1 Å². The average molecular weight is 675 g/mol. The van der Waals surface area contributed by atoms with Gasteiger partial charge in [-0.3, -0.25) is 9.59 Å². The van der Waals surface area contributed by atoms with Gasteiger partial charge in [0.05, 0.1) is 16.1 Å². The fourth-order valence-corrected chi connectivity index (χ4v) is 4.30. The molecule has 0 atom stereocenters. The standard InChI is InChI=1S/C31H33ClF6N4O4/c1-18-6-7-20(16-22(18)30(33,34)35)40-29(44)27-25(45-12-10-41(2)3)14-19(15-26(27)46-13-11-42(4)5)28(43)39-21-8-9-24(32)23(17-21)31(36,37)38/h6-9,14-17H,10-13H2,1-5H3,(H,39,43)(H,40,44). The third kappa shape index (κ3) is 9.99. The highest BCUT2D eigenvalue weighted by Crippen LogP contribution is 2.38. The lowest BCUT2D eigenvalue weighted by Crippen LogP contribution is -2.23. The van der Waals surface area contributed by atoms with E-state index in [1.807, 2.05) is 0 Å². The first-order valence-electron chi connectivity index (χ1n) is 13.8. The molecule has 0 heterocycles. The van der Waals surface area contributed by atoms with Gasteiger partial charge < -0.3 is 29.9 Å². The first-order valence-corrected chi connectivity index (χ1v) is 14.1. The van der Waals surface area contributed by atoms with E-state index in [-0.39, 0.29) is 52.8 Å². The van der Waals surface area contributed by atoms with E-state index in [9.17, 15) is 35.9 Å². The second-order valence-electron chi connectivity index (χ2n) is 10.8. The molecule has 46 heavy (non-hydrogen) atoms. The fourth-order valence-electron chi connectivity index (χ4n) is 4.07. The SMILES string of the molecule is Cc1ccc(NC(=O)c2c(OCCN(C)C)cc(C(=O)Nc3ccc(Cl)c(C(F)(F)F)c3)cc2OCCN(C)C)cc1C(F)(F)F. The van der Waals surface area contributed by atoms with E-state index in [2.05, 4.69) is 10.6 Å². The molecule has 0 saturated carbocycles. The largest absolute Gasteiger partial charge is 0.491 e. The number of benzene rings is 3. The number of hydrogen-bond donors (Lipinski definition) is 2. The Kier molecular flexibility index (Phi) is 11.9. The van der Waals surface area contributed by atoms with Crippen LogP contribution in [0.1, 0.15) is 37.4 Å². The molecule has 15 heteroatoms. The van der Waals surface area contributed by atoms with Gasteiger partial charge in [0, 0.05) is 30.0 Å². The number of likely N-dealkylation sites (N-methyl/N-ethyl adjacent to an activating group) is 2. The number of ether oxygens (including phenoxy) is 2. The van der Waals surface area contributed by atoms with Crippen molar-refractivity contribution in [2.75, 3.05) is 65.1 Å². The summed E-state index contributed by atoms with van der Waals surface area (Å²) < 4.78 is 92.5. The molecule has 0 aliphatic rings. The van der Waals surface area contributed by atoms with E-state index in [0.717, 1.165) is 12.1 Å². The first-order chi connectivity index (χ1) is 21.4. The van der Waals surface area contributed by atoms with Crippen molar-refractivity contribution in [3.63, 3.8) is 0 Å². The molecule has 2 N–H and O–H groups in total. The van der Waals surface area contributed by atoms with Crippen molar-refractivity contribution in [1.82, 2.24) is 9.80 Å². The molecule has 0 radical (unpaired) electrons. The quantitative estimate of drug-likeness (QED) is 0.200. The summed E-state index contributed by atoms with van der Waals surface area (Å²) in [6.07, 6.45) is -9.43. The molecule has 8 nitrogen and oxygen atoms in total. The minimum atomic E-state index is -4.77. The highest BCUT2D eigenvalue weighted by atomic mass is 35.5. The molecule has 0 aliphatic carbocycles. The van der Waals surface area contributed by atoms with Crippen LogP contribution in [0.4, 0.5) is 37.7 Å². The number of alkyl halides is 6. The van der Waals surface area contributed by atoms with Gasteiger partial charge in [0.15, 0.2) is 0 Å². The molecule has 0 bridgehead atoms. The van der Waals surface area contributed by atoms with Crippen molar-refractivity contribution >= 4 is 34.8 Å². The van der Waals surface area contributed by atoms with Crippen molar-refractivity contribution in [3.8, 4) is 11.5 Å². The minimum Gasteiger partial charge on any atom is -0.491 e. The number of nitrogens with zero attached hydrogens (tertiary/aromatic N) is 2. The predicted molar refractivity (Wildman–Crippen MR) is 163 cm³/mol. The zero-order valence-electron chi connectivity index (χ0n) is 25.6. The molecule has 0 fully saturated rings. The summed E-state index contributed by atoms with van der Waals surface area (Å²) in [6, 6.07) is 8.61. The summed E-state index contributed by atoms with van der Waals surface area (Å²) in [7, 11) is 7.09. The van der Waals surface area contributed by atoms with E-state index in [1.54, 1.807) is 38.0 Å². The number of nitrogens with one attached hydrogen (secondary N) is 2. The zero-order chi connectivity index (χ0) is 34.4. The van der Waals surface area contributed by atoms with E-state index in [4.69, 9.17) is 21.1 Å². The van der Waals surface area contributed by atoms with Crippen molar-refractivity contribution < 1.29 is 45.4 Å². The lowest BCUT2D eigenvalue weighted by Gasteiger charge is -2.20. The lowest BCUT2D eigenvalue weighted by atomic mass is 10.1. The van der Waals surface area contributed by atoms with Gasteiger partial charge in [-0.2, -0.15) is 26.3 Å². The Labute approximate surface area is 267 Å². The fraction of sp³-hybridized carbons (Fsp3) is 0.355. The van der Waals surface area contributed by atoms with E-state index < -0.39 is 40.3 Å². The smallest absolute Gasteiger partial charge is 0.417 e. The number of halogens is 7. The number of carbonyl (C=O) groups is 2. The van der Waals surface area contributed by atoms with Crippen LogP contribution in [0.25, 0.3) is 0 Å². The third-order valence-electron chi connectivity index (χ3n) is 6.48. The summed E-state index contributed by atoms with van der Waals surface area (Å²) >= 11 is 5.69. The maximum atomic E-state index is 13.6. The maximum Gasteiger partial charge on any atom is 0.417 e. The Balaban J connectivity index is 2.08. The van der Waals surface area contributed by atoms with Crippen molar-refractivity contribution in [2.45, 2.75) is 19.3 Å². The highest BCUT2D eigenvalue weighted by Gasteiger charge is 2.34. The number of carbonyl (C=O) groups excluding carboxylic acids is 2. The molecule has 0 aliphatic heterocycles. The Hall–Kier alpha value is -4.01. The molecule has 0 aromatic heterocycles. The zero-order valence-corrected chi connectivity index (χ0v) is 26.4. The molecular formula is C31H33ClF6N4O4. The molecule has 2 amide bonds. The van der Waals surface area contributed by atoms with E-state index in [1.165, 1.54) is 37.3 Å². The van der Waals surface area contributed by atoms with Gasteiger partial charge in [-0.15, -0.1) is 0 Å². The van der Waals surface area contributed by atoms with Crippen LogP contribution in [0.5, 0.6) is 11.5 Å². The van der Waals surface area contributed by atoms with Crippen LogP contribution in [0, 0.1) is 6.92 Å². The van der Waals surface area contributed by atoms with Crippen LogP contribution in [0.3, 0.4) is 0 Å². The second-order valence-corrected chi connectivity index (χ2v) is 11.2. The third-order valence-corrected chi connectivity index (χ3v) is 6.81. The monoisotopic (exact) mass is 674 g/mol. The second kappa shape index (κ2) is 15.1. The first kappa shape index (κ1) is 36.5. The number of amides is 2. The number of hydrogen-bond acceptors (Lipinski definition) is 6. The molecular weight excluding hydrogens is 642 g/mol. The van der Waals surface area contributed by atoms with Gasteiger partial charge in [-0.25, -0.2) is 0 Å². The topological polar surface area (TPSA) is 83.1 Å². The summed E-state index contributed by atoms with van der Waals surface area (Å²) in [4.78, 5) is 30.5.